The largest absolute Gasteiger partial charge is 0.287 e. The zero-order valence-corrected chi connectivity index (χ0v) is 13.2. The fourth-order valence-corrected chi connectivity index (χ4v) is 2.58. The van der Waals surface area contributed by atoms with Gasteiger partial charge in [-0.3, -0.25) is 14.5 Å². The van der Waals surface area contributed by atoms with E-state index in [1.165, 1.54) is 13.8 Å². The zero-order chi connectivity index (χ0) is 16.1. The van der Waals surface area contributed by atoms with Crippen molar-refractivity contribution in [1.82, 2.24) is 4.90 Å². The predicted octanol–water partition coefficient (Wildman–Crippen LogP) is 3.50. The van der Waals surface area contributed by atoms with E-state index >= 15 is 0 Å². The molecule has 2 aromatic carbocycles. The number of thiocarbonyl (C=S) groups is 1. The number of para-hydroxylation sites is 2. The SMILES string of the molecule is CC(=O)N(C(C)=O)C(=S)N(c1ccccc1)c1ccccc1. The molecule has 0 saturated heterocycles. The van der Waals surface area contributed by atoms with E-state index in [0.29, 0.717) is 0 Å². The number of hydrogen-bond donors (Lipinski definition) is 0. The van der Waals surface area contributed by atoms with Gasteiger partial charge in [0.05, 0.1) is 0 Å². The summed E-state index contributed by atoms with van der Waals surface area (Å²) < 4.78 is 0. The molecule has 0 N–H and O–H groups in total. The number of carbonyl (C=O) groups is 2. The lowest BCUT2D eigenvalue weighted by atomic mass is 10.2. The molecular weight excluding hydrogens is 296 g/mol. The molecule has 2 rings (SSSR count). The molecule has 0 aliphatic carbocycles. The van der Waals surface area contributed by atoms with Crippen molar-refractivity contribution in [2.75, 3.05) is 4.90 Å². The summed E-state index contributed by atoms with van der Waals surface area (Å²) in [6.45, 7) is 2.64. The highest BCUT2D eigenvalue weighted by molar-refractivity contribution is 7.80. The Bertz CT molecular complexity index is 633. The van der Waals surface area contributed by atoms with E-state index in [1.54, 1.807) is 4.90 Å². The van der Waals surface area contributed by atoms with Gasteiger partial charge in [-0.25, -0.2) is 4.90 Å². The molecule has 2 aromatic rings. The van der Waals surface area contributed by atoms with Crippen LogP contribution in [0.25, 0.3) is 0 Å². The maximum absolute atomic E-state index is 11.8. The summed E-state index contributed by atoms with van der Waals surface area (Å²) in [6, 6.07) is 18.8. The second-order valence-corrected chi connectivity index (χ2v) is 5.03. The maximum Gasteiger partial charge on any atom is 0.232 e. The summed E-state index contributed by atoms with van der Waals surface area (Å²) >= 11 is 5.42. The summed E-state index contributed by atoms with van der Waals surface area (Å²) in [5.41, 5.74) is 1.57. The molecular formula is C17H16N2O2S. The van der Waals surface area contributed by atoms with E-state index in [1.807, 2.05) is 60.7 Å². The molecule has 5 heteroatoms. The van der Waals surface area contributed by atoms with Crippen LogP contribution in [0.2, 0.25) is 0 Å². The lowest BCUT2D eigenvalue weighted by molar-refractivity contribution is -0.136. The maximum atomic E-state index is 11.8. The van der Waals surface area contributed by atoms with Crippen LogP contribution < -0.4 is 4.90 Å². The van der Waals surface area contributed by atoms with Gasteiger partial charge in [0.1, 0.15) is 0 Å². The summed E-state index contributed by atoms with van der Waals surface area (Å²) in [4.78, 5) is 26.3. The fraction of sp³-hybridized carbons (Fsp3) is 0.118. The lowest BCUT2D eigenvalue weighted by Crippen LogP contribution is -2.45. The van der Waals surface area contributed by atoms with Crippen molar-refractivity contribution in [2.24, 2.45) is 0 Å². The van der Waals surface area contributed by atoms with E-state index in [9.17, 15) is 9.59 Å². The van der Waals surface area contributed by atoms with E-state index in [0.717, 1.165) is 16.3 Å². The highest BCUT2D eigenvalue weighted by Crippen LogP contribution is 2.26. The molecule has 0 atom stereocenters. The first-order valence-corrected chi connectivity index (χ1v) is 7.18. The minimum Gasteiger partial charge on any atom is -0.287 e. The number of benzene rings is 2. The smallest absolute Gasteiger partial charge is 0.232 e. The zero-order valence-electron chi connectivity index (χ0n) is 12.4. The van der Waals surface area contributed by atoms with E-state index in [2.05, 4.69) is 0 Å². The normalized spacial score (nSPS) is 9.91. The average Bonchev–Trinajstić information content (AvgIpc) is 2.49. The molecule has 0 fully saturated rings. The van der Waals surface area contributed by atoms with Crippen molar-refractivity contribution in [1.29, 1.82) is 0 Å². The van der Waals surface area contributed by atoms with Gasteiger partial charge in [0.2, 0.25) is 11.8 Å². The molecule has 0 unspecified atom stereocenters. The van der Waals surface area contributed by atoms with E-state index in [-0.39, 0.29) is 5.11 Å². The van der Waals surface area contributed by atoms with Crippen molar-refractivity contribution in [3.8, 4) is 0 Å². The quantitative estimate of drug-likeness (QED) is 0.796. The molecule has 2 amide bonds. The summed E-state index contributed by atoms with van der Waals surface area (Å²) in [6.07, 6.45) is 0. The van der Waals surface area contributed by atoms with Crippen LogP contribution in [0.4, 0.5) is 11.4 Å². The van der Waals surface area contributed by atoms with Gasteiger partial charge in [-0.2, -0.15) is 0 Å². The van der Waals surface area contributed by atoms with Crippen molar-refractivity contribution >= 4 is 40.5 Å². The van der Waals surface area contributed by atoms with E-state index < -0.39 is 11.8 Å². The van der Waals surface area contributed by atoms with Crippen LogP contribution in [0, 0.1) is 0 Å². The Kier molecular flexibility index (Phi) is 5.01. The minimum absolute atomic E-state index is 0.136. The van der Waals surface area contributed by atoms with Crippen LogP contribution in [0.5, 0.6) is 0 Å². The Balaban J connectivity index is 2.52. The minimum atomic E-state index is -0.408. The van der Waals surface area contributed by atoms with Crippen LogP contribution in [0.1, 0.15) is 13.8 Å². The third-order valence-corrected chi connectivity index (χ3v) is 3.41. The van der Waals surface area contributed by atoms with Crippen LogP contribution in [0.15, 0.2) is 60.7 Å². The molecule has 0 spiro atoms. The summed E-state index contributed by atoms with van der Waals surface area (Å²) in [5, 5.41) is 0.136. The van der Waals surface area contributed by atoms with Gasteiger partial charge >= 0.3 is 0 Å². The third-order valence-electron chi connectivity index (χ3n) is 3.04. The Labute approximate surface area is 135 Å². The van der Waals surface area contributed by atoms with Crippen molar-refractivity contribution in [2.45, 2.75) is 13.8 Å². The lowest BCUT2D eigenvalue weighted by Gasteiger charge is -2.30. The number of rotatable bonds is 2. The first-order chi connectivity index (χ1) is 10.5. The number of carbonyl (C=O) groups excluding carboxylic acids is 2. The number of anilines is 2. The molecule has 0 radical (unpaired) electrons. The highest BCUT2D eigenvalue weighted by atomic mass is 32.1. The second kappa shape index (κ2) is 6.95. The number of hydrogen-bond acceptors (Lipinski definition) is 3. The fourth-order valence-electron chi connectivity index (χ4n) is 2.12. The van der Waals surface area contributed by atoms with Crippen LogP contribution in [-0.2, 0) is 9.59 Å². The summed E-state index contributed by atoms with van der Waals surface area (Å²) in [5.74, 6) is -0.816. The number of imide groups is 1. The topological polar surface area (TPSA) is 40.6 Å². The first kappa shape index (κ1) is 15.9. The summed E-state index contributed by atoms with van der Waals surface area (Å²) in [7, 11) is 0. The van der Waals surface area contributed by atoms with Gasteiger partial charge in [-0.05, 0) is 36.5 Å². The Morgan fingerprint density at radius 3 is 1.45 bits per heavy atom. The second-order valence-electron chi connectivity index (χ2n) is 4.66. The van der Waals surface area contributed by atoms with Crippen LogP contribution >= 0.6 is 12.2 Å². The average molecular weight is 312 g/mol. The Hall–Kier alpha value is -2.53. The molecule has 0 aromatic heterocycles. The molecule has 4 nitrogen and oxygen atoms in total. The number of amides is 2. The standard InChI is InChI=1S/C17H16N2O2S/c1-13(20)18(14(2)21)17(22)19(15-9-5-3-6-10-15)16-11-7-4-8-12-16/h3-12H,1-2H3. The van der Waals surface area contributed by atoms with Gasteiger partial charge in [-0.1, -0.05) is 36.4 Å². The monoisotopic (exact) mass is 312 g/mol. The van der Waals surface area contributed by atoms with Crippen LogP contribution in [0.3, 0.4) is 0 Å². The van der Waals surface area contributed by atoms with Gasteiger partial charge in [0, 0.05) is 25.2 Å². The van der Waals surface area contributed by atoms with Crippen LogP contribution in [-0.4, -0.2) is 21.8 Å². The Morgan fingerprint density at radius 1 is 0.773 bits per heavy atom. The van der Waals surface area contributed by atoms with E-state index in [4.69, 9.17) is 12.2 Å². The molecule has 0 aliphatic heterocycles. The Morgan fingerprint density at radius 2 is 1.14 bits per heavy atom. The van der Waals surface area contributed by atoms with Crippen molar-refractivity contribution in [3.63, 3.8) is 0 Å². The highest BCUT2D eigenvalue weighted by Gasteiger charge is 2.26. The molecule has 0 saturated carbocycles. The van der Waals surface area contributed by atoms with Gasteiger partial charge in [0.15, 0.2) is 5.11 Å². The van der Waals surface area contributed by atoms with Crippen molar-refractivity contribution in [3.05, 3.63) is 60.7 Å². The van der Waals surface area contributed by atoms with Crippen molar-refractivity contribution < 1.29 is 9.59 Å². The number of nitrogens with zero attached hydrogens (tertiary/aromatic N) is 2. The van der Waals surface area contributed by atoms with Gasteiger partial charge in [-0.15, -0.1) is 0 Å². The molecule has 0 aliphatic rings. The first-order valence-electron chi connectivity index (χ1n) is 6.78. The van der Waals surface area contributed by atoms with Gasteiger partial charge < -0.3 is 0 Å². The van der Waals surface area contributed by atoms with Gasteiger partial charge in [0.25, 0.3) is 0 Å². The molecule has 0 heterocycles. The molecule has 112 valence electrons. The third kappa shape index (κ3) is 3.38. The predicted molar refractivity (Wildman–Crippen MR) is 90.8 cm³/mol. The molecule has 0 bridgehead atoms. The molecule has 22 heavy (non-hydrogen) atoms.